The average Bonchev–Trinajstić information content (AvgIpc) is 2.72. The first-order chi connectivity index (χ1) is 11.7. The third-order valence-electron chi connectivity index (χ3n) is 3.50. The van der Waals surface area contributed by atoms with Crippen LogP contribution in [0.5, 0.6) is 5.75 Å². The van der Waals surface area contributed by atoms with E-state index in [-0.39, 0.29) is 22.8 Å². The maximum atomic E-state index is 12.4. The summed E-state index contributed by atoms with van der Waals surface area (Å²) in [5, 5.41) is 3.02. The van der Waals surface area contributed by atoms with Gasteiger partial charge in [0.05, 0.1) is 14.2 Å². The van der Waals surface area contributed by atoms with Gasteiger partial charge in [-0.15, -0.1) is 0 Å². The van der Waals surface area contributed by atoms with E-state index >= 15 is 0 Å². The standard InChI is InChI=1S/C18H21NO6/c1-18(2,3)19-15-13(17(22)24-5)12(16(21)23-4)10-8-6-7-9-11(20)14(10)25-15/h6-9,12,19H,1-5H3. The number of methoxy groups -OCH3 is 2. The summed E-state index contributed by atoms with van der Waals surface area (Å²) in [5.41, 5.74) is -0.692. The largest absolute Gasteiger partial charge is 0.468 e. The van der Waals surface area contributed by atoms with Crippen LogP contribution in [0.2, 0.25) is 0 Å². The maximum absolute atomic E-state index is 12.4. The SMILES string of the molecule is COC(=O)C1=C(NC(C)(C)C)Oc2c(ccccc2=O)C1C(=O)OC. The van der Waals surface area contributed by atoms with Crippen molar-refractivity contribution in [2.24, 2.45) is 0 Å². The number of carbonyl (C=O) groups excluding carboxylic acids is 2. The zero-order valence-corrected chi connectivity index (χ0v) is 14.8. The van der Waals surface area contributed by atoms with Gasteiger partial charge >= 0.3 is 11.9 Å². The molecular formula is C18H21NO6. The summed E-state index contributed by atoms with van der Waals surface area (Å²) in [4.78, 5) is 37.2. The predicted molar refractivity (Wildman–Crippen MR) is 90.0 cm³/mol. The molecule has 0 fully saturated rings. The topological polar surface area (TPSA) is 90.9 Å². The molecule has 1 heterocycles. The Bertz CT molecular complexity index is 791. The first kappa shape index (κ1) is 18.5. The molecule has 1 aromatic rings. The molecule has 1 unspecified atom stereocenters. The Morgan fingerprint density at radius 1 is 1.12 bits per heavy atom. The van der Waals surface area contributed by atoms with Crippen LogP contribution in [0.25, 0.3) is 0 Å². The Kier molecular flexibility index (Phi) is 5.15. The molecular weight excluding hydrogens is 326 g/mol. The van der Waals surface area contributed by atoms with Crippen LogP contribution in [0.4, 0.5) is 0 Å². The Balaban J connectivity index is 2.79. The molecule has 1 N–H and O–H groups in total. The molecule has 7 heteroatoms. The molecule has 1 aliphatic heterocycles. The molecule has 1 aromatic carbocycles. The average molecular weight is 347 g/mol. The summed E-state index contributed by atoms with van der Waals surface area (Å²) in [6, 6.07) is 6.00. The van der Waals surface area contributed by atoms with Crippen molar-refractivity contribution in [1.29, 1.82) is 0 Å². The predicted octanol–water partition coefficient (Wildman–Crippen LogP) is 1.47. The Hall–Kier alpha value is -2.83. The second kappa shape index (κ2) is 6.96. The van der Waals surface area contributed by atoms with Crippen LogP contribution >= 0.6 is 0 Å². The summed E-state index contributed by atoms with van der Waals surface area (Å²) in [5.74, 6) is -2.59. The highest BCUT2D eigenvalue weighted by atomic mass is 16.5. The molecule has 7 nitrogen and oxygen atoms in total. The number of hydrogen-bond donors (Lipinski definition) is 1. The van der Waals surface area contributed by atoms with Crippen LogP contribution in [-0.4, -0.2) is 31.7 Å². The van der Waals surface area contributed by atoms with Crippen molar-refractivity contribution in [3.05, 3.63) is 51.5 Å². The quantitative estimate of drug-likeness (QED) is 0.828. The molecule has 0 saturated carbocycles. The summed E-state index contributed by atoms with van der Waals surface area (Å²) < 4.78 is 15.4. The highest BCUT2D eigenvalue weighted by Crippen LogP contribution is 2.38. The van der Waals surface area contributed by atoms with Crippen molar-refractivity contribution in [2.45, 2.75) is 32.2 Å². The molecule has 0 radical (unpaired) electrons. The summed E-state index contributed by atoms with van der Waals surface area (Å²) >= 11 is 0. The number of rotatable bonds is 3. The van der Waals surface area contributed by atoms with E-state index < -0.39 is 28.8 Å². The van der Waals surface area contributed by atoms with Crippen LogP contribution < -0.4 is 15.5 Å². The van der Waals surface area contributed by atoms with E-state index in [2.05, 4.69) is 5.32 Å². The van der Waals surface area contributed by atoms with Crippen molar-refractivity contribution >= 4 is 11.9 Å². The third-order valence-corrected chi connectivity index (χ3v) is 3.50. The minimum absolute atomic E-state index is 0.00514. The van der Waals surface area contributed by atoms with Gasteiger partial charge in [-0.2, -0.15) is 0 Å². The first-order valence-electron chi connectivity index (χ1n) is 7.69. The number of ether oxygens (including phenoxy) is 3. The van der Waals surface area contributed by atoms with Gasteiger partial charge in [-0.1, -0.05) is 18.2 Å². The van der Waals surface area contributed by atoms with Gasteiger partial charge in [-0.25, -0.2) is 4.79 Å². The summed E-state index contributed by atoms with van der Waals surface area (Å²) in [6.07, 6.45) is 0. The van der Waals surface area contributed by atoms with Gasteiger partial charge in [-0.3, -0.25) is 9.59 Å². The lowest BCUT2D eigenvalue weighted by Crippen LogP contribution is -2.42. The fourth-order valence-corrected chi connectivity index (χ4v) is 2.49. The van der Waals surface area contributed by atoms with E-state index in [1.165, 1.54) is 26.4 Å². The van der Waals surface area contributed by atoms with E-state index in [1.54, 1.807) is 12.1 Å². The molecule has 0 spiro atoms. The molecule has 2 rings (SSSR count). The van der Waals surface area contributed by atoms with Crippen molar-refractivity contribution in [1.82, 2.24) is 5.32 Å². The molecule has 25 heavy (non-hydrogen) atoms. The molecule has 0 amide bonds. The van der Waals surface area contributed by atoms with Crippen LogP contribution in [0.1, 0.15) is 32.3 Å². The van der Waals surface area contributed by atoms with Crippen molar-refractivity contribution in [3.63, 3.8) is 0 Å². The van der Waals surface area contributed by atoms with E-state index in [0.29, 0.717) is 0 Å². The van der Waals surface area contributed by atoms with Crippen LogP contribution in [0.15, 0.2) is 40.5 Å². The van der Waals surface area contributed by atoms with Crippen molar-refractivity contribution in [3.8, 4) is 5.75 Å². The number of esters is 2. The highest BCUT2D eigenvalue weighted by Gasteiger charge is 2.41. The smallest absolute Gasteiger partial charge is 0.340 e. The first-order valence-corrected chi connectivity index (χ1v) is 7.69. The molecule has 0 aliphatic carbocycles. The number of carbonyl (C=O) groups is 2. The second-order valence-electron chi connectivity index (χ2n) is 6.53. The molecule has 0 bridgehead atoms. The molecule has 0 saturated heterocycles. The number of hydrogen-bond acceptors (Lipinski definition) is 7. The Morgan fingerprint density at radius 3 is 2.32 bits per heavy atom. The lowest BCUT2D eigenvalue weighted by Gasteiger charge is -2.31. The molecule has 1 aliphatic rings. The molecule has 1 atom stereocenters. The zero-order valence-electron chi connectivity index (χ0n) is 14.8. The second-order valence-corrected chi connectivity index (χ2v) is 6.53. The van der Waals surface area contributed by atoms with E-state index in [4.69, 9.17) is 14.2 Å². The van der Waals surface area contributed by atoms with Gasteiger partial charge in [-0.05, 0) is 26.8 Å². The minimum atomic E-state index is -1.13. The lowest BCUT2D eigenvalue weighted by molar-refractivity contribution is -0.145. The normalized spacial score (nSPS) is 16.4. The van der Waals surface area contributed by atoms with Gasteiger partial charge in [0.25, 0.3) is 0 Å². The van der Waals surface area contributed by atoms with E-state index in [0.717, 1.165) is 0 Å². The van der Waals surface area contributed by atoms with Crippen LogP contribution in [0.3, 0.4) is 0 Å². The summed E-state index contributed by atoms with van der Waals surface area (Å²) in [6.45, 7) is 5.55. The van der Waals surface area contributed by atoms with E-state index in [1.807, 2.05) is 20.8 Å². The lowest BCUT2D eigenvalue weighted by atomic mass is 9.89. The van der Waals surface area contributed by atoms with Crippen molar-refractivity contribution < 1.29 is 23.8 Å². The van der Waals surface area contributed by atoms with Gasteiger partial charge in [0.15, 0.2) is 5.75 Å². The Labute approximate surface area is 145 Å². The molecule has 134 valence electrons. The van der Waals surface area contributed by atoms with Gasteiger partial charge in [0.2, 0.25) is 11.3 Å². The maximum Gasteiger partial charge on any atom is 0.340 e. The fourth-order valence-electron chi connectivity index (χ4n) is 2.49. The monoisotopic (exact) mass is 347 g/mol. The molecule has 0 aromatic heterocycles. The number of fused-ring (bicyclic) bond motifs is 1. The van der Waals surface area contributed by atoms with Gasteiger partial charge in [0, 0.05) is 11.1 Å². The fraction of sp³-hybridized carbons (Fsp3) is 0.389. The number of nitrogens with one attached hydrogen (secondary N) is 1. The highest BCUT2D eigenvalue weighted by molar-refractivity contribution is 6.00. The van der Waals surface area contributed by atoms with Crippen molar-refractivity contribution in [2.75, 3.05) is 14.2 Å². The van der Waals surface area contributed by atoms with Crippen LogP contribution in [0, 0.1) is 0 Å². The van der Waals surface area contributed by atoms with Crippen LogP contribution in [-0.2, 0) is 19.1 Å². The van der Waals surface area contributed by atoms with Gasteiger partial charge in [0.1, 0.15) is 11.5 Å². The Morgan fingerprint density at radius 2 is 1.76 bits per heavy atom. The van der Waals surface area contributed by atoms with E-state index in [9.17, 15) is 14.4 Å². The minimum Gasteiger partial charge on any atom is -0.468 e. The zero-order chi connectivity index (χ0) is 18.8. The summed E-state index contributed by atoms with van der Waals surface area (Å²) in [7, 11) is 2.42. The van der Waals surface area contributed by atoms with Gasteiger partial charge < -0.3 is 19.5 Å². The third kappa shape index (κ3) is 3.81.